The van der Waals surface area contributed by atoms with Gasteiger partial charge < -0.3 is 19.6 Å². The highest BCUT2D eigenvalue weighted by Crippen LogP contribution is 2.17. The lowest BCUT2D eigenvalue weighted by Gasteiger charge is -2.14. The van der Waals surface area contributed by atoms with Crippen LogP contribution in [-0.2, 0) is 17.8 Å². The Balaban J connectivity index is 1.64. The zero-order valence-corrected chi connectivity index (χ0v) is 16.3. The maximum absolute atomic E-state index is 12.4. The van der Waals surface area contributed by atoms with Gasteiger partial charge in [0.25, 0.3) is 5.91 Å². The van der Waals surface area contributed by atoms with Crippen LogP contribution < -0.4 is 10.6 Å². The minimum Gasteiger partial charge on any atom is -0.459 e. The second kappa shape index (κ2) is 9.21. The van der Waals surface area contributed by atoms with Crippen molar-refractivity contribution < 1.29 is 14.0 Å². The van der Waals surface area contributed by atoms with Crippen molar-refractivity contribution in [3.63, 3.8) is 0 Å². The van der Waals surface area contributed by atoms with Gasteiger partial charge in [0.05, 0.1) is 17.3 Å². The molecule has 7 nitrogen and oxygen atoms in total. The number of carbonyl (C=O) groups is 2. The van der Waals surface area contributed by atoms with Gasteiger partial charge in [0.2, 0.25) is 5.91 Å². The highest BCUT2D eigenvalue weighted by molar-refractivity contribution is 5.91. The van der Waals surface area contributed by atoms with Crippen LogP contribution >= 0.6 is 0 Å². The fourth-order valence-electron chi connectivity index (χ4n) is 3.00. The van der Waals surface area contributed by atoms with E-state index in [2.05, 4.69) is 15.6 Å². The Morgan fingerprint density at radius 3 is 2.79 bits per heavy atom. The third kappa shape index (κ3) is 4.79. The standard InChI is InChI=1S/C21H26N4O3/c1-3-15(2)23-20(26)14-25-17-9-5-4-8-16(17)24-19(25)11-6-12-22-21(27)18-10-7-13-28-18/h4-5,7-10,13,15H,3,6,11-12,14H2,1-2H3,(H,22,27)(H,23,26). The first-order valence-corrected chi connectivity index (χ1v) is 9.63. The number of benzene rings is 1. The topological polar surface area (TPSA) is 89.2 Å². The molecule has 7 heteroatoms. The molecular weight excluding hydrogens is 356 g/mol. The third-order valence-electron chi connectivity index (χ3n) is 4.66. The molecule has 3 aromatic rings. The van der Waals surface area contributed by atoms with Crippen LogP contribution in [-0.4, -0.2) is 34.0 Å². The zero-order valence-electron chi connectivity index (χ0n) is 16.3. The molecule has 0 bridgehead atoms. The fourth-order valence-corrected chi connectivity index (χ4v) is 3.00. The number of fused-ring (bicyclic) bond motifs is 1. The van der Waals surface area contributed by atoms with Crippen molar-refractivity contribution in [2.75, 3.05) is 6.54 Å². The lowest BCUT2D eigenvalue weighted by atomic mass is 10.2. The summed E-state index contributed by atoms with van der Waals surface area (Å²) in [5.74, 6) is 0.887. The molecule has 2 aromatic heterocycles. The van der Waals surface area contributed by atoms with E-state index in [1.165, 1.54) is 6.26 Å². The lowest BCUT2D eigenvalue weighted by molar-refractivity contribution is -0.122. The van der Waals surface area contributed by atoms with Gasteiger partial charge in [-0.25, -0.2) is 4.98 Å². The van der Waals surface area contributed by atoms with E-state index in [1.54, 1.807) is 12.1 Å². The quantitative estimate of drug-likeness (QED) is 0.557. The molecule has 28 heavy (non-hydrogen) atoms. The summed E-state index contributed by atoms with van der Waals surface area (Å²) >= 11 is 0. The smallest absolute Gasteiger partial charge is 0.286 e. The summed E-state index contributed by atoms with van der Waals surface area (Å²) in [6.45, 7) is 4.77. The first-order chi connectivity index (χ1) is 13.6. The zero-order chi connectivity index (χ0) is 19.9. The van der Waals surface area contributed by atoms with Crippen molar-refractivity contribution in [3.8, 4) is 0 Å². The molecule has 0 aliphatic rings. The molecule has 0 aliphatic heterocycles. The Hall–Kier alpha value is -3.09. The number of nitrogens with one attached hydrogen (secondary N) is 2. The molecule has 0 radical (unpaired) electrons. The maximum Gasteiger partial charge on any atom is 0.286 e. The van der Waals surface area contributed by atoms with Gasteiger partial charge in [0.15, 0.2) is 5.76 Å². The molecule has 0 saturated carbocycles. The Morgan fingerprint density at radius 2 is 2.04 bits per heavy atom. The number of rotatable bonds is 9. The van der Waals surface area contributed by atoms with Gasteiger partial charge in [0.1, 0.15) is 12.4 Å². The second-order valence-electron chi connectivity index (χ2n) is 6.82. The van der Waals surface area contributed by atoms with Crippen LogP contribution in [0, 0.1) is 0 Å². The Bertz CT molecular complexity index is 930. The highest BCUT2D eigenvalue weighted by Gasteiger charge is 2.15. The first kappa shape index (κ1) is 19.7. The van der Waals surface area contributed by atoms with Crippen LogP contribution in [0.4, 0.5) is 0 Å². The normalized spacial score (nSPS) is 12.1. The van der Waals surface area contributed by atoms with E-state index >= 15 is 0 Å². The van der Waals surface area contributed by atoms with E-state index in [9.17, 15) is 9.59 Å². The predicted molar refractivity (Wildman–Crippen MR) is 107 cm³/mol. The van der Waals surface area contributed by atoms with Gasteiger partial charge in [-0.3, -0.25) is 9.59 Å². The Labute approximate surface area is 164 Å². The molecule has 1 unspecified atom stereocenters. The van der Waals surface area contributed by atoms with Crippen LogP contribution in [0.5, 0.6) is 0 Å². The van der Waals surface area contributed by atoms with Gasteiger partial charge in [-0.15, -0.1) is 0 Å². The number of carbonyl (C=O) groups excluding carboxylic acids is 2. The average molecular weight is 382 g/mol. The Kier molecular flexibility index (Phi) is 6.47. The minimum atomic E-state index is -0.230. The van der Waals surface area contributed by atoms with Gasteiger partial charge in [-0.2, -0.15) is 0 Å². The van der Waals surface area contributed by atoms with E-state index in [0.29, 0.717) is 25.1 Å². The number of hydrogen-bond acceptors (Lipinski definition) is 4. The van der Waals surface area contributed by atoms with Gasteiger partial charge in [-0.1, -0.05) is 19.1 Å². The van der Waals surface area contributed by atoms with E-state index in [-0.39, 0.29) is 24.4 Å². The molecule has 0 fully saturated rings. The van der Waals surface area contributed by atoms with Crippen LogP contribution in [0.3, 0.4) is 0 Å². The summed E-state index contributed by atoms with van der Waals surface area (Å²) in [4.78, 5) is 29.0. The van der Waals surface area contributed by atoms with Crippen molar-refractivity contribution >= 4 is 22.8 Å². The van der Waals surface area contributed by atoms with Gasteiger partial charge in [-0.05, 0) is 44.0 Å². The highest BCUT2D eigenvalue weighted by atomic mass is 16.3. The Morgan fingerprint density at radius 1 is 1.21 bits per heavy atom. The summed E-state index contributed by atoms with van der Waals surface area (Å²) in [6.07, 6.45) is 3.73. The van der Waals surface area contributed by atoms with Crippen molar-refractivity contribution in [2.45, 2.75) is 45.7 Å². The summed E-state index contributed by atoms with van der Waals surface area (Å²) in [5.41, 5.74) is 1.81. The summed E-state index contributed by atoms with van der Waals surface area (Å²) < 4.78 is 7.04. The van der Waals surface area contributed by atoms with Crippen molar-refractivity contribution in [1.82, 2.24) is 20.2 Å². The minimum absolute atomic E-state index is 0.0233. The SMILES string of the molecule is CCC(C)NC(=O)Cn1c(CCCNC(=O)c2ccco2)nc2ccccc21. The largest absolute Gasteiger partial charge is 0.459 e. The third-order valence-corrected chi connectivity index (χ3v) is 4.66. The summed E-state index contributed by atoms with van der Waals surface area (Å²) in [5, 5.41) is 5.84. The van der Waals surface area contributed by atoms with Gasteiger partial charge >= 0.3 is 0 Å². The van der Waals surface area contributed by atoms with Crippen molar-refractivity contribution in [2.24, 2.45) is 0 Å². The number of nitrogens with zero attached hydrogens (tertiary/aromatic N) is 2. The van der Waals surface area contributed by atoms with Crippen LogP contribution in [0.25, 0.3) is 11.0 Å². The molecule has 2 heterocycles. The fraction of sp³-hybridized carbons (Fsp3) is 0.381. The predicted octanol–water partition coefficient (Wildman–Crippen LogP) is 2.91. The molecule has 0 saturated heterocycles. The molecular formula is C21H26N4O3. The molecule has 2 amide bonds. The number of furan rings is 1. The number of imidazole rings is 1. The molecule has 0 spiro atoms. The number of aromatic nitrogens is 2. The average Bonchev–Trinajstić information content (AvgIpc) is 3.34. The molecule has 3 rings (SSSR count). The van der Waals surface area contributed by atoms with Crippen LogP contribution in [0.15, 0.2) is 47.1 Å². The second-order valence-corrected chi connectivity index (χ2v) is 6.82. The van der Waals surface area contributed by atoms with E-state index in [4.69, 9.17) is 4.42 Å². The lowest BCUT2D eigenvalue weighted by Crippen LogP contribution is -2.35. The number of para-hydroxylation sites is 2. The monoisotopic (exact) mass is 382 g/mol. The molecule has 2 N–H and O–H groups in total. The number of hydrogen-bond donors (Lipinski definition) is 2. The van der Waals surface area contributed by atoms with Crippen molar-refractivity contribution in [1.29, 1.82) is 0 Å². The number of amides is 2. The van der Waals surface area contributed by atoms with E-state index in [0.717, 1.165) is 23.3 Å². The summed E-state index contributed by atoms with van der Waals surface area (Å²) in [6, 6.07) is 11.3. The van der Waals surface area contributed by atoms with Crippen LogP contribution in [0.2, 0.25) is 0 Å². The first-order valence-electron chi connectivity index (χ1n) is 9.63. The van der Waals surface area contributed by atoms with Crippen molar-refractivity contribution in [3.05, 3.63) is 54.2 Å². The molecule has 1 aromatic carbocycles. The molecule has 0 aliphatic carbocycles. The van der Waals surface area contributed by atoms with E-state index < -0.39 is 0 Å². The van der Waals surface area contributed by atoms with E-state index in [1.807, 2.05) is 42.7 Å². The summed E-state index contributed by atoms with van der Waals surface area (Å²) in [7, 11) is 0. The maximum atomic E-state index is 12.4. The molecule has 148 valence electrons. The van der Waals surface area contributed by atoms with Gasteiger partial charge in [0, 0.05) is 19.0 Å². The molecule has 1 atom stereocenters. The number of aryl methyl sites for hydroxylation is 1. The van der Waals surface area contributed by atoms with Crippen LogP contribution in [0.1, 0.15) is 43.1 Å².